The van der Waals surface area contributed by atoms with Gasteiger partial charge in [-0.2, -0.15) is 0 Å². The van der Waals surface area contributed by atoms with Crippen molar-refractivity contribution in [1.29, 1.82) is 0 Å². The molecule has 0 radical (unpaired) electrons. The Morgan fingerprint density at radius 2 is 2.29 bits per heavy atom. The highest BCUT2D eigenvalue weighted by Crippen LogP contribution is 2.17. The first-order valence-corrected chi connectivity index (χ1v) is 8.33. The number of nitrogens with zero attached hydrogens (tertiary/aromatic N) is 1. The Hall–Kier alpha value is -1.35. The molecule has 114 valence electrons. The highest BCUT2D eigenvalue weighted by atomic mass is 32.1. The maximum absolute atomic E-state index is 12.3. The van der Waals surface area contributed by atoms with E-state index in [2.05, 4.69) is 29.0 Å². The third-order valence-electron chi connectivity index (χ3n) is 3.64. The Morgan fingerprint density at radius 1 is 1.52 bits per heavy atom. The number of amides is 1. The van der Waals surface area contributed by atoms with Crippen LogP contribution in [0.25, 0.3) is 0 Å². The normalized spacial score (nSPS) is 16.3. The van der Waals surface area contributed by atoms with Gasteiger partial charge in [-0.1, -0.05) is 18.8 Å². The number of likely N-dealkylation sites (tertiary alicyclic amines) is 1. The number of hydrogen-bond acceptors (Lipinski definition) is 4. The smallest absolute Gasteiger partial charge is 0.262 e. The number of rotatable bonds is 4. The van der Waals surface area contributed by atoms with Gasteiger partial charge in [-0.3, -0.25) is 4.79 Å². The second kappa shape index (κ2) is 8.18. The van der Waals surface area contributed by atoms with Crippen molar-refractivity contribution in [2.24, 2.45) is 0 Å². The Kier molecular flexibility index (Phi) is 6.24. The van der Waals surface area contributed by atoms with E-state index in [-0.39, 0.29) is 18.6 Å². The maximum Gasteiger partial charge on any atom is 0.262 e. The predicted molar refractivity (Wildman–Crippen MR) is 85.5 cm³/mol. The van der Waals surface area contributed by atoms with Gasteiger partial charge in [0, 0.05) is 24.7 Å². The van der Waals surface area contributed by atoms with Crippen molar-refractivity contribution in [3.8, 4) is 11.8 Å². The second-order valence-corrected chi connectivity index (χ2v) is 6.13. The van der Waals surface area contributed by atoms with Crippen molar-refractivity contribution in [1.82, 2.24) is 10.2 Å². The summed E-state index contributed by atoms with van der Waals surface area (Å²) in [5.41, 5.74) is 0.704. The molecule has 1 aliphatic heterocycles. The molecule has 1 aromatic rings. The van der Waals surface area contributed by atoms with Crippen LogP contribution in [0.3, 0.4) is 0 Å². The zero-order valence-electron chi connectivity index (χ0n) is 12.4. The minimum atomic E-state index is -0.188. The van der Waals surface area contributed by atoms with E-state index in [1.54, 1.807) is 0 Å². The summed E-state index contributed by atoms with van der Waals surface area (Å²) < 4.78 is 0. The third-order valence-corrected chi connectivity index (χ3v) is 4.55. The van der Waals surface area contributed by atoms with Crippen LogP contribution in [0.1, 0.15) is 41.4 Å². The molecule has 0 unspecified atom stereocenters. The van der Waals surface area contributed by atoms with Crippen LogP contribution in [0.5, 0.6) is 0 Å². The van der Waals surface area contributed by atoms with Crippen LogP contribution in [0, 0.1) is 11.8 Å². The monoisotopic (exact) mass is 306 g/mol. The van der Waals surface area contributed by atoms with E-state index in [4.69, 9.17) is 5.11 Å². The summed E-state index contributed by atoms with van der Waals surface area (Å²) >= 11 is 1.40. The SMILES string of the molecule is CCCN1CCC(NC(=O)c2sccc2C#CCO)CC1. The molecule has 21 heavy (non-hydrogen) atoms. The van der Waals surface area contributed by atoms with Crippen molar-refractivity contribution in [2.45, 2.75) is 32.2 Å². The topological polar surface area (TPSA) is 52.6 Å². The zero-order valence-corrected chi connectivity index (χ0v) is 13.2. The number of carbonyl (C=O) groups is 1. The predicted octanol–water partition coefficient (Wildman–Crippen LogP) is 1.70. The molecule has 2 heterocycles. The van der Waals surface area contributed by atoms with Crippen molar-refractivity contribution in [3.05, 3.63) is 21.9 Å². The molecule has 1 fully saturated rings. The van der Waals surface area contributed by atoms with E-state index in [1.165, 1.54) is 17.8 Å². The molecular weight excluding hydrogens is 284 g/mol. The molecule has 5 heteroatoms. The lowest BCUT2D eigenvalue weighted by Crippen LogP contribution is -2.44. The Labute approximate surface area is 130 Å². The average molecular weight is 306 g/mol. The van der Waals surface area contributed by atoms with Crippen molar-refractivity contribution in [3.63, 3.8) is 0 Å². The first-order chi connectivity index (χ1) is 10.2. The van der Waals surface area contributed by atoms with Gasteiger partial charge in [0.05, 0.1) is 0 Å². The summed E-state index contributed by atoms with van der Waals surface area (Å²) in [4.78, 5) is 15.4. The molecule has 2 rings (SSSR count). The molecule has 1 aliphatic rings. The summed E-state index contributed by atoms with van der Waals surface area (Å²) in [5, 5.41) is 13.7. The van der Waals surface area contributed by atoms with Crippen LogP contribution in [0.4, 0.5) is 0 Å². The Balaban J connectivity index is 1.89. The fourth-order valence-corrected chi connectivity index (χ4v) is 3.34. The summed E-state index contributed by atoms with van der Waals surface area (Å²) in [6, 6.07) is 2.08. The molecule has 0 saturated carbocycles. The molecule has 0 bridgehead atoms. The van der Waals surface area contributed by atoms with Gasteiger partial charge >= 0.3 is 0 Å². The van der Waals surface area contributed by atoms with Crippen molar-refractivity contribution >= 4 is 17.2 Å². The van der Waals surface area contributed by atoms with Gasteiger partial charge in [0.25, 0.3) is 5.91 Å². The minimum absolute atomic E-state index is 0.0406. The van der Waals surface area contributed by atoms with Gasteiger partial charge in [-0.15, -0.1) is 11.3 Å². The maximum atomic E-state index is 12.3. The first-order valence-electron chi connectivity index (χ1n) is 7.45. The standard InChI is InChI=1S/C16H22N2O2S/c1-2-8-18-9-5-14(6-10-18)17-16(20)15-13(4-3-11-19)7-12-21-15/h7,12,14,19H,2,5-6,8-11H2,1H3,(H,17,20). The van der Waals surface area contributed by atoms with E-state index in [1.807, 2.05) is 11.4 Å². The molecule has 0 spiro atoms. The molecule has 0 aliphatic carbocycles. The van der Waals surface area contributed by atoms with E-state index in [0.29, 0.717) is 10.4 Å². The summed E-state index contributed by atoms with van der Waals surface area (Å²) in [6.45, 7) is 5.26. The molecule has 1 saturated heterocycles. The summed E-state index contributed by atoms with van der Waals surface area (Å²) in [6.07, 6.45) is 3.20. The number of aliphatic hydroxyl groups is 1. The molecule has 0 aromatic carbocycles. The van der Waals surface area contributed by atoms with Gasteiger partial charge in [0.15, 0.2) is 0 Å². The van der Waals surface area contributed by atoms with Crippen LogP contribution in [0.15, 0.2) is 11.4 Å². The first kappa shape index (κ1) is 16.0. The van der Waals surface area contributed by atoms with Crippen molar-refractivity contribution in [2.75, 3.05) is 26.2 Å². The van der Waals surface area contributed by atoms with Crippen LogP contribution in [-0.4, -0.2) is 48.2 Å². The fraction of sp³-hybridized carbons (Fsp3) is 0.562. The number of hydrogen-bond donors (Lipinski definition) is 2. The number of carbonyl (C=O) groups excluding carboxylic acids is 1. The summed E-state index contributed by atoms with van der Waals surface area (Å²) in [7, 11) is 0. The van der Waals surface area contributed by atoms with E-state index in [9.17, 15) is 4.79 Å². The Morgan fingerprint density at radius 3 is 2.95 bits per heavy atom. The van der Waals surface area contributed by atoms with Gasteiger partial charge in [0.1, 0.15) is 11.5 Å². The molecule has 1 amide bonds. The van der Waals surface area contributed by atoms with Gasteiger partial charge in [-0.25, -0.2) is 0 Å². The fourth-order valence-electron chi connectivity index (χ4n) is 2.59. The van der Waals surface area contributed by atoms with Gasteiger partial charge in [-0.05, 0) is 37.3 Å². The lowest BCUT2D eigenvalue weighted by molar-refractivity contribution is 0.0915. The number of nitrogens with one attached hydrogen (secondary N) is 1. The molecular formula is C16H22N2O2S. The average Bonchev–Trinajstić information content (AvgIpc) is 2.96. The molecule has 1 aromatic heterocycles. The molecule has 0 atom stereocenters. The lowest BCUT2D eigenvalue weighted by atomic mass is 10.0. The number of aliphatic hydroxyl groups excluding tert-OH is 1. The van der Waals surface area contributed by atoms with Gasteiger partial charge < -0.3 is 15.3 Å². The van der Waals surface area contributed by atoms with Crippen LogP contribution >= 0.6 is 11.3 Å². The van der Waals surface area contributed by atoms with Crippen LogP contribution in [0.2, 0.25) is 0 Å². The summed E-state index contributed by atoms with van der Waals surface area (Å²) in [5.74, 6) is 5.38. The van der Waals surface area contributed by atoms with E-state index in [0.717, 1.165) is 32.5 Å². The van der Waals surface area contributed by atoms with Crippen LogP contribution < -0.4 is 5.32 Å². The van der Waals surface area contributed by atoms with E-state index >= 15 is 0 Å². The molecule has 4 nitrogen and oxygen atoms in total. The highest BCUT2D eigenvalue weighted by molar-refractivity contribution is 7.12. The third kappa shape index (κ3) is 4.57. The largest absolute Gasteiger partial charge is 0.384 e. The van der Waals surface area contributed by atoms with Gasteiger partial charge in [0.2, 0.25) is 0 Å². The molecule has 2 N–H and O–H groups in total. The lowest BCUT2D eigenvalue weighted by Gasteiger charge is -2.32. The second-order valence-electron chi connectivity index (χ2n) is 5.21. The van der Waals surface area contributed by atoms with Crippen molar-refractivity contribution < 1.29 is 9.90 Å². The van der Waals surface area contributed by atoms with E-state index < -0.39 is 0 Å². The number of piperidine rings is 1. The van der Waals surface area contributed by atoms with Crippen LogP contribution in [-0.2, 0) is 0 Å². The quantitative estimate of drug-likeness (QED) is 0.833. The number of thiophene rings is 1. The minimum Gasteiger partial charge on any atom is -0.384 e. The zero-order chi connectivity index (χ0) is 15.1. The highest BCUT2D eigenvalue weighted by Gasteiger charge is 2.21. The Bertz CT molecular complexity index is 522.